The molecule has 2 aliphatic heterocycles. The van der Waals surface area contributed by atoms with Crippen LogP contribution in [0, 0.1) is 12.8 Å². The van der Waals surface area contributed by atoms with Gasteiger partial charge in [0, 0.05) is 17.8 Å². The molecule has 0 radical (unpaired) electrons. The van der Waals surface area contributed by atoms with Gasteiger partial charge in [-0.2, -0.15) is 0 Å². The summed E-state index contributed by atoms with van der Waals surface area (Å²) in [5.74, 6) is -1.46. The number of aromatic nitrogens is 2. The largest absolute Gasteiger partial charge is 0.388 e. The van der Waals surface area contributed by atoms with E-state index in [1.54, 1.807) is 12.3 Å². The predicted octanol–water partition coefficient (Wildman–Crippen LogP) is 1.93. The third kappa shape index (κ3) is 3.19. The highest BCUT2D eigenvalue weighted by Crippen LogP contribution is 2.49. The van der Waals surface area contributed by atoms with E-state index in [2.05, 4.69) is 15.3 Å². The van der Waals surface area contributed by atoms with Gasteiger partial charge in [0.2, 0.25) is 5.91 Å². The molecule has 2 aliphatic rings. The van der Waals surface area contributed by atoms with E-state index >= 15 is 0 Å². The number of hydrogen-bond donors (Lipinski definition) is 3. The Hall–Kier alpha value is -1.77. The number of anilines is 1. The number of carbonyl (C=O) groups excluding carboxylic acids is 1. The van der Waals surface area contributed by atoms with E-state index in [1.807, 2.05) is 13.0 Å². The van der Waals surface area contributed by atoms with Crippen LogP contribution in [0.5, 0.6) is 0 Å². The zero-order valence-corrected chi connectivity index (χ0v) is 15.7. The van der Waals surface area contributed by atoms with Gasteiger partial charge in [0.1, 0.15) is 17.4 Å². The van der Waals surface area contributed by atoms with Gasteiger partial charge in [-0.25, -0.2) is 4.98 Å². The van der Waals surface area contributed by atoms with Crippen LogP contribution in [-0.2, 0) is 9.53 Å². The van der Waals surface area contributed by atoms with Crippen molar-refractivity contribution in [1.29, 1.82) is 0 Å². The van der Waals surface area contributed by atoms with Gasteiger partial charge in [0.05, 0.1) is 35.0 Å². The van der Waals surface area contributed by atoms with Crippen LogP contribution in [0.3, 0.4) is 0 Å². The van der Waals surface area contributed by atoms with Crippen LogP contribution in [0.1, 0.15) is 17.2 Å². The highest BCUT2D eigenvalue weighted by molar-refractivity contribution is 6.41. The Morgan fingerprint density at radius 1 is 1.19 bits per heavy atom. The number of hydrogen-bond acceptors (Lipinski definition) is 6. The quantitative estimate of drug-likeness (QED) is 0.669. The van der Waals surface area contributed by atoms with Gasteiger partial charge >= 0.3 is 0 Å². The summed E-state index contributed by atoms with van der Waals surface area (Å²) in [6.45, 7) is 1.85. The number of aryl methyl sites for hydroxylation is 1. The lowest BCUT2D eigenvalue weighted by Crippen LogP contribution is -2.49. The molecule has 27 heavy (non-hydrogen) atoms. The number of rotatable bonds is 3. The zero-order chi connectivity index (χ0) is 19.3. The number of fused-ring (bicyclic) bond motifs is 2. The second-order valence-corrected chi connectivity index (χ2v) is 7.58. The van der Waals surface area contributed by atoms with Crippen LogP contribution in [0.4, 0.5) is 5.69 Å². The van der Waals surface area contributed by atoms with Crippen molar-refractivity contribution in [3.8, 4) is 0 Å². The van der Waals surface area contributed by atoms with E-state index in [0.717, 1.165) is 11.3 Å². The van der Waals surface area contributed by atoms with Gasteiger partial charge in [0.15, 0.2) is 0 Å². The fraction of sp³-hybridized carbons (Fsp3) is 0.389. The molecule has 6 unspecified atom stereocenters. The molecule has 4 rings (SSSR count). The summed E-state index contributed by atoms with van der Waals surface area (Å²) in [5, 5.41) is 23.6. The summed E-state index contributed by atoms with van der Waals surface area (Å²) in [7, 11) is 0. The molecule has 2 bridgehead atoms. The molecular formula is C18H17Cl2N3O4. The highest BCUT2D eigenvalue weighted by Gasteiger charge is 2.61. The molecule has 0 aliphatic carbocycles. The molecule has 2 fully saturated rings. The molecule has 2 aromatic heterocycles. The predicted molar refractivity (Wildman–Crippen MR) is 98.8 cm³/mol. The monoisotopic (exact) mass is 409 g/mol. The Morgan fingerprint density at radius 2 is 1.93 bits per heavy atom. The number of halogens is 2. The van der Waals surface area contributed by atoms with Crippen molar-refractivity contribution in [3.05, 3.63) is 52.0 Å². The summed E-state index contributed by atoms with van der Waals surface area (Å²) in [5.41, 5.74) is 2.00. The normalized spacial score (nSPS) is 31.9. The van der Waals surface area contributed by atoms with Crippen LogP contribution in [0.15, 0.2) is 30.6 Å². The van der Waals surface area contributed by atoms with Crippen molar-refractivity contribution in [3.63, 3.8) is 0 Å². The lowest BCUT2D eigenvalue weighted by atomic mass is 9.72. The van der Waals surface area contributed by atoms with E-state index in [0.29, 0.717) is 5.69 Å². The molecule has 2 saturated heterocycles. The Morgan fingerprint density at radius 3 is 2.63 bits per heavy atom. The van der Waals surface area contributed by atoms with E-state index in [-0.39, 0.29) is 16.1 Å². The summed E-state index contributed by atoms with van der Waals surface area (Å²) < 4.78 is 5.77. The molecule has 6 atom stereocenters. The maximum absolute atomic E-state index is 13.0. The Kier molecular flexibility index (Phi) is 4.82. The number of nitrogens with one attached hydrogen (secondary N) is 1. The maximum atomic E-state index is 13.0. The van der Waals surface area contributed by atoms with Crippen molar-refractivity contribution in [2.75, 3.05) is 5.32 Å². The molecule has 7 nitrogen and oxygen atoms in total. The SMILES string of the molecule is Cc1cc(C2C3OC(C(O)C3O)C2C(=O)Nc2cnc(Cl)c(Cl)c2)ccn1. The minimum Gasteiger partial charge on any atom is -0.388 e. The number of aliphatic hydroxyl groups is 2. The topological polar surface area (TPSA) is 105 Å². The van der Waals surface area contributed by atoms with Crippen LogP contribution in [-0.4, -0.2) is 50.5 Å². The molecule has 0 saturated carbocycles. The Labute approximate surface area is 165 Å². The third-order valence-electron chi connectivity index (χ3n) is 5.10. The van der Waals surface area contributed by atoms with E-state index < -0.39 is 36.3 Å². The van der Waals surface area contributed by atoms with Gasteiger partial charge in [-0.1, -0.05) is 23.2 Å². The summed E-state index contributed by atoms with van der Waals surface area (Å²) in [4.78, 5) is 21.1. The summed E-state index contributed by atoms with van der Waals surface area (Å²) in [6, 6.07) is 5.15. The van der Waals surface area contributed by atoms with Crippen molar-refractivity contribution < 1.29 is 19.7 Å². The Bertz CT molecular complexity index is 897. The van der Waals surface area contributed by atoms with Crippen molar-refractivity contribution in [1.82, 2.24) is 9.97 Å². The van der Waals surface area contributed by atoms with Gasteiger partial charge < -0.3 is 20.3 Å². The lowest BCUT2D eigenvalue weighted by Gasteiger charge is -2.33. The lowest BCUT2D eigenvalue weighted by molar-refractivity contribution is -0.124. The first kappa shape index (κ1) is 18.6. The maximum Gasteiger partial charge on any atom is 0.230 e. The minimum atomic E-state index is -1.13. The standard InChI is InChI=1S/C18H17Cl2N3O4/c1-7-4-8(2-3-21-7)11-12(16-14(25)13(24)15(11)27-16)18(26)23-9-5-10(19)17(20)22-6-9/h2-6,11-16,24-25H,1H3,(H,23,26). The number of ether oxygens (including phenoxy) is 1. The van der Waals surface area contributed by atoms with E-state index in [1.165, 1.54) is 12.3 Å². The summed E-state index contributed by atoms with van der Waals surface area (Å²) >= 11 is 11.8. The molecule has 1 amide bonds. The zero-order valence-electron chi connectivity index (χ0n) is 14.2. The highest BCUT2D eigenvalue weighted by atomic mass is 35.5. The minimum absolute atomic E-state index is 0.140. The Balaban J connectivity index is 1.65. The molecule has 0 aromatic carbocycles. The number of pyridine rings is 2. The van der Waals surface area contributed by atoms with Gasteiger partial charge in [-0.05, 0) is 30.7 Å². The van der Waals surface area contributed by atoms with Crippen LogP contribution >= 0.6 is 23.2 Å². The van der Waals surface area contributed by atoms with Crippen LogP contribution < -0.4 is 5.32 Å². The second kappa shape index (κ2) is 7.00. The molecule has 9 heteroatoms. The van der Waals surface area contributed by atoms with E-state index in [9.17, 15) is 15.0 Å². The number of aliphatic hydroxyl groups excluding tert-OH is 2. The summed E-state index contributed by atoms with van der Waals surface area (Å²) in [6.07, 6.45) is -0.608. The fourth-order valence-electron chi connectivity index (χ4n) is 3.93. The number of carbonyl (C=O) groups is 1. The van der Waals surface area contributed by atoms with Gasteiger partial charge in [-0.3, -0.25) is 9.78 Å². The van der Waals surface area contributed by atoms with Gasteiger partial charge in [0.25, 0.3) is 0 Å². The molecule has 0 spiro atoms. The molecule has 3 N–H and O–H groups in total. The smallest absolute Gasteiger partial charge is 0.230 e. The first-order valence-corrected chi connectivity index (χ1v) is 9.18. The first-order chi connectivity index (χ1) is 12.9. The van der Waals surface area contributed by atoms with Crippen molar-refractivity contribution >= 4 is 34.8 Å². The third-order valence-corrected chi connectivity index (χ3v) is 5.79. The molecule has 2 aromatic rings. The average molecular weight is 410 g/mol. The van der Waals surface area contributed by atoms with Crippen molar-refractivity contribution in [2.24, 2.45) is 5.92 Å². The second-order valence-electron chi connectivity index (χ2n) is 6.81. The fourth-order valence-corrected chi connectivity index (χ4v) is 4.20. The average Bonchev–Trinajstić information content (AvgIpc) is 3.15. The molecular weight excluding hydrogens is 393 g/mol. The number of amides is 1. The van der Waals surface area contributed by atoms with E-state index in [4.69, 9.17) is 27.9 Å². The number of nitrogens with zero attached hydrogens (tertiary/aromatic N) is 2. The van der Waals surface area contributed by atoms with Gasteiger partial charge in [-0.15, -0.1) is 0 Å². The first-order valence-electron chi connectivity index (χ1n) is 8.43. The molecule has 4 heterocycles. The molecule has 142 valence electrons. The van der Waals surface area contributed by atoms with Crippen LogP contribution in [0.2, 0.25) is 10.2 Å². The van der Waals surface area contributed by atoms with Crippen LogP contribution in [0.25, 0.3) is 0 Å². The van der Waals surface area contributed by atoms with Crippen molar-refractivity contribution in [2.45, 2.75) is 37.3 Å².